The van der Waals surface area contributed by atoms with E-state index in [4.69, 9.17) is 14.2 Å². The zero-order valence-electron chi connectivity index (χ0n) is 34.7. The molecule has 0 unspecified atom stereocenters. The Bertz CT molecular complexity index is 1860. The van der Waals surface area contributed by atoms with Crippen LogP contribution < -0.4 is 20.7 Å². The molecule has 0 saturated carbocycles. The number of alkyl carbamates (subject to hydrolysis) is 1. The van der Waals surface area contributed by atoms with E-state index in [1.54, 1.807) is 63.7 Å². The number of esters is 1. The molecule has 0 spiro atoms. The molecule has 59 heavy (non-hydrogen) atoms. The maximum Gasteiger partial charge on any atom is 0.408 e. The molecule has 0 aliphatic carbocycles. The van der Waals surface area contributed by atoms with Crippen LogP contribution in [0.5, 0.6) is 5.75 Å². The van der Waals surface area contributed by atoms with Crippen molar-refractivity contribution in [3.63, 3.8) is 0 Å². The number of thioether (sulfide) groups is 1. The number of rotatable bonds is 19. The van der Waals surface area contributed by atoms with E-state index in [0.717, 1.165) is 11.1 Å². The molecule has 3 aromatic rings. The molecule has 5 amide bonds. The second kappa shape index (κ2) is 22.5. The van der Waals surface area contributed by atoms with E-state index in [1.807, 2.05) is 66.9 Å². The summed E-state index contributed by atoms with van der Waals surface area (Å²) in [5.74, 6) is -1.38. The fourth-order valence-corrected chi connectivity index (χ4v) is 6.93. The molecule has 1 heterocycles. The summed E-state index contributed by atoms with van der Waals surface area (Å²) in [5, 5.41) is 7.87. The van der Waals surface area contributed by atoms with Crippen molar-refractivity contribution in [2.24, 2.45) is 0 Å². The highest BCUT2D eigenvalue weighted by Crippen LogP contribution is 2.22. The minimum Gasteiger partial charge on any atom is -0.489 e. The van der Waals surface area contributed by atoms with E-state index in [-0.39, 0.29) is 38.4 Å². The summed E-state index contributed by atoms with van der Waals surface area (Å²) in [6, 6.07) is 22.2. The fourth-order valence-electron chi connectivity index (χ4n) is 6.47. The quantitative estimate of drug-likeness (QED) is 0.148. The van der Waals surface area contributed by atoms with Crippen LogP contribution in [0.15, 0.2) is 84.9 Å². The van der Waals surface area contributed by atoms with E-state index in [1.165, 1.54) is 16.7 Å². The molecule has 4 atom stereocenters. The van der Waals surface area contributed by atoms with Crippen molar-refractivity contribution in [1.82, 2.24) is 25.8 Å². The predicted octanol–water partition coefficient (Wildman–Crippen LogP) is 4.29. The summed E-state index contributed by atoms with van der Waals surface area (Å²) in [6.07, 6.45) is 1.80. The van der Waals surface area contributed by atoms with Crippen LogP contribution in [0.25, 0.3) is 0 Å². The minimum absolute atomic E-state index is 0.0774. The van der Waals surface area contributed by atoms with Gasteiger partial charge in [0.1, 0.15) is 42.1 Å². The number of benzene rings is 3. The van der Waals surface area contributed by atoms with Gasteiger partial charge in [-0.1, -0.05) is 72.8 Å². The second-order valence-electron chi connectivity index (χ2n) is 15.1. The summed E-state index contributed by atoms with van der Waals surface area (Å²) in [6.45, 7) is 8.66. The molecule has 3 N–H and O–H groups in total. The van der Waals surface area contributed by atoms with Gasteiger partial charge in [0.25, 0.3) is 0 Å². The topological polar surface area (TPSA) is 173 Å². The summed E-state index contributed by atoms with van der Waals surface area (Å²) < 4.78 is 16.6. The van der Waals surface area contributed by atoms with Crippen LogP contribution >= 0.6 is 11.8 Å². The molecule has 318 valence electrons. The first-order valence-corrected chi connectivity index (χ1v) is 21.2. The van der Waals surface area contributed by atoms with E-state index in [0.29, 0.717) is 30.1 Å². The molecule has 1 fully saturated rings. The van der Waals surface area contributed by atoms with Gasteiger partial charge < -0.3 is 40.0 Å². The van der Waals surface area contributed by atoms with Crippen LogP contribution in [-0.2, 0) is 52.9 Å². The van der Waals surface area contributed by atoms with Gasteiger partial charge in [0.2, 0.25) is 23.6 Å². The van der Waals surface area contributed by atoms with Crippen molar-refractivity contribution in [3.8, 4) is 5.75 Å². The Morgan fingerprint density at radius 3 is 2.10 bits per heavy atom. The number of amides is 5. The Morgan fingerprint density at radius 1 is 0.847 bits per heavy atom. The number of hydrogen-bond donors (Lipinski definition) is 3. The monoisotopic (exact) mass is 831 g/mol. The molecule has 0 radical (unpaired) electrons. The number of ether oxygens (including phenoxy) is 3. The van der Waals surface area contributed by atoms with Gasteiger partial charge in [-0.3, -0.25) is 19.2 Å². The van der Waals surface area contributed by atoms with Crippen LogP contribution in [0, 0.1) is 0 Å². The van der Waals surface area contributed by atoms with E-state index in [2.05, 4.69) is 16.0 Å². The van der Waals surface area contributed by atoms with Crippen LogP contribution in [0.4, 0.5) is 4.79 Å². The molecular weight excluding hydrogens is 775 g/mol. The summed E-state index contributed by atoms with van der Waals surface area (Å²) in [7, 11) is 0. The lowest BCUT2D eigenvalue weighted by Gasteiger charge is -2.43. The van der Waals surface area contributed by atoms with Crippen molar-refractivity contribution in [2.75, 3.05) is 38.2 Å². The lowest BCUT2D eigenvalue weighted by Crippen LogP contribution is -2.64. The third kappa shape index (κ3) is 14.6. The zero-order chi connectivity index (χ0) is 43.0. The molecule has 0 bridgehead atoms. The van der Waals surface area contributed by atoms with E-state index >= 15 is 0 Å². The molecule has 1 aliphatic heterocycles. The molecule has 3 aromatic carbocycles. The van der Waals surface area contributed by atoms with E-state index < -0.39 is 66.1 Å². The number of piperazine rings is 1. The standard InChI is InChI=1S/C44H57N5O9S/c1-7-56-42(54)36(22-25-59-6)49-24-23-48(37(41(49)53)27-31-14-10-8-11-15-31)38(50)28-45-39(51)30(2)46-40(52)35(47-43(55)58-44(3,4)5)26-32-18-20-34(21-19-32)57-29-33-16-12-9-13-17-33/h8-21,30,35-37H,7,22-29H2,1-6H3,(H,45,51)(H,46,52)(H,47,55)/t30-,35+,36-,37+/m1/s1. The second-order valence-corrected chi connectivity index (χ2v) is 16.1. The van der Waals surface area contributed by atoms with Gasteiger partial charge in [0.15, 0.2) is 0 Å². The molecular formula is C44H57N5O9S. The van der Waals surface area contributed by atoms with E-state index in [9.17, 15) is 28.8 Å². The van der Waals surface area contributed by atoms with Crippen molar-refractivity contribution < 1.29 is 43.0 Å². The first kappa shape index (κ1) is 46.1. The third-order valence-corrected chi connectivity index (χ3v) is 10.1. The number of nitrogens with one attached hydrogen (secondary N) is 3. The Labute approximate surface area is 351 Å². The summed E-state index contributed by atoms with van der Waals surface area (Å²) in [5.41, 5.74) is 1.73. The van der Waals surface area contributed by atoms with Gasteiger partial charge in [-0.25, -0.2) is 9.59 Å². The van der Waals surface area contributed by atoms with Gasteiger partial charge in [0.05, 0.1) is 13.2 Å². The Morgan fingerprint density at radius 2 is 1.49 bits per heavy atom. The van der Waals surface area contributed by atoms with Crippen molar-refractivity contribution in [2.45, 2.75) is 90.3 Å². The molecule has 1 saturated heterocycles. The summed E-state index contributed by atoms with van der Waals surface area (Å²) >= 11 is 1.56. The fraction of sp³-hybridized carbons (Fsp3) is 0.455. The lowest BCUT2D eigenvalue weighted by molar-refractivity contribution is -0.162. The zero-order valence-corrected chi connectivity index (χ0v) is 35.5. The SMILES string of the molecule is CCOC(=O)[C@@H](CCSC)N1CCN(C(=O)CNC(=O)[C@@H](C)NC(=O)[C@H](Cc2ccc(OCc3ccccc3)cc2)NC(=O)OC(C)(C)C)[C@@H](Cc2ccccc2)C1=O. The van der Waals surface area contributed by atoms with Crippen LogP contribution in [0.2, 0.25) is 0 Å². The van der Waals surface area contributed by atoms with Gasteiger partial charge in [0, 0.05) is 25.9 Å². The Balaban J connectivity index is 1.41. The Kier molecular flexibility index (Phi) is 17.6. The smallest absolute Gasteiger partial charge is 0.408 e. The number of carbonyl (C=O) groups excluding carboxylic acids is 6. The normalized spacial score (nSPS) is 15.6. The molecule has 4 rings (SSSR count). The average molecular weight is 832 g/mol. The lowest BCUT2D eigenvalue weighted by atomic mass is 9.99. The highest BCUT2D eigenvalue weighted by atomic mass is 32.2. The predicted molar refractivity (Wildman–Crippen MR) is 225 cm³/mol. The molecule has 14 nitrogen and oxygen atoms in total. The minimum atomic E-state index is -1.12. The Hall–Kier alpha value is -5.57. The van der Waals surface area contributed by atoms with Crippen LogP contribution in [0.1, 0.15) is 57.7 Å². The first-order valence-electron chi connectivity index (χ1n) is 19.8. The molecule has 1 aliphatic rings. The highest BCUT2D eigenvalue weighted by Gasteiger charge is 2.42. The van der Waals surface area contributed by atoms with Gasteiger partial charge in [-0.2, -0.15) is 11.8 Å². The largest absolute Gasteiger partial charge is 0.489 e. The third-order valence-electron chi connectivity index (χ3n) is 9.43. The summed E-state index contributed by atoms with van der Waals surface area (Å²) in [4.78, 5) is 83.6. The van der Waals surface area contributed by atoms with Crippen LogP contribution in [0.3, 0.4) is 0 Å². The number of carbonyl (C=O) groups is 6. The van der Waals surface area contributed by atoms with Crippen molar-refractivity contribution in [3.05, 3.63) is 102 Å². The van der Waals surface area contributed by atoms with Gasteiger partial charge in [-0.05, 0) is 81.9 Å². The van der Waals surface area contributed by atoms with Gasteiger partial charge in [-0.15, -0.1) is 0 Å². The number of nitrogens with zero attached hydrogens (tertiary/aromatic N) is 2. The highest BCUT2D eigenvalue weighted by molar-refractivity contribution is 7.98. The van der Waals surface area contributed by atoms with Crippen molar-refractivity contribution >= 4 is 47.5 Å². The number of hydrogen-bond acceptors (Lipinski definition) is 10. The maximum atomic E-state index is 14.1. The van der Waals surface area contributed by atoms with Gasteiger partial charge >= 0.3 is 12.1 Å². The molecule has 0 aromatic heterocycles. The van der Waals surface area contributed by atoms with Crippen LogP contribution in [-0.4, -0.2) is 114 Å². The maximum absolute atomic E-state index is 14.1. The molecule has 15 heteroatoms. The first-order chi connectivity index (χ1) is 28.2. The average Bonchev–Trinajstić information content (AvgIpc) is 3.20. The van der Waals surface area contributed by atoms with Crippen molar-refractivity contribution in [1.29, 1.82) is 0 Å².